The minimum Gasteiger partial charge on any atom is -0.487 e. The molecule has 2 aromatic carbocycles. The van der Waals surface area contributed by atoms with Crippen LogP contribution < -0.4 is 9.46 Å². The number of anilines is 1. The fourth-order valence-corrected chi connectivity index (χ4v) is 5.26. The molecular formula is C25H25FN2O5S. The normalized spacial score (nSPS) is 13.8. The van der Waals surface area contributed by atoms with Crippen molar-refractivity contribution in [1.29, 1.82) is 0 Å². The molecule has 0 fully saturated rings. The minimum atomic E-state index is -4.10. The number of aryl methyl sites for hydroxylation is 2. The summed E-state index contributed by atoms with van der Waals surface area (Å²) in [6, 6.07) is 13.0. The lowest BCUT2D eigenvalue weighted by Crippen LogP contribution is -2.18. The number of sulfonamides is 1. The summed E-state index contributed by atoms with van der Waals surface area (Å²) >= 11 is 0. The summed E-state index contributed by atoms with van der Waals surface area (Å²) in [6.45, 7) is 1.49. The predicted molar refractivity (Wildman–Crippen MR) is 126 cm³/mol. The number of halogens is 1. The maximum atomic E-state index is 13.6. The van der Waals surface area contributed by atoms with Crippen LogP contribution in [0.25, 0.3) is 0 Å². The third kappa shape index (κ3) is 5.36. The maximum absolute atomic E-state index is 13.6. The lowest BCUT2D eigenvalue weighted by molar-refractivity contribution is 0.0696. The second-order valence-electron chi connectivity index (χ2n) is 8.32. The summed E-state index contributed by atoms with van der Waals surface area (Å²) in [4.78, 5) is 15.1. The van der Waals surface area contributed by atoms with Gasteiger partial charge in [0.05, 0.1) is 11.3 Å². The van der Waals surface area contributed by atoms with Crippen molar-refractivity contribution in [2.24, 2.45) is 0 Å². The fourth-order valence-electron chi connectivity index (χ4n) is 4.02. The monoisotopic (exact) mass is 484 g/mol. The van der Waals surface area contributed by atoms with E-state index in [2.05, 4.69) is 9.71 Å². The number of ether oxygens (including phenoxy) is 1. The Bertz CT molecular complexity index is 1310. The van der Waals surface area contributed by atoms with Crippen LogP contribution in [0.4, 0.5) is 10.1 Å². The largest absolute Gasteiger partial charge is 0.487 e. The summed E-state index contributed by atoms with van der Waals surface area (Å²) in [5, 5.41) is 8.84. The van der Waals surface area contributed by atoms with Gasteiger partial charge in [-0.25, -0.2) is 14.2 Å². The third-order valence-corrected chi connectivity index (χ3v) is 7.00. The van der Waals surface area contributed by atoms with Crippen LogP contribution in [-0.4, -0.2) is 30.6 Å². The van der Waals surface area contributed by atoms with Crippen LogP contribution in [0.15, 0.2) is 59.8 Å². The maximum Gasteiger partial charge on any atom is 0.335 e. The van der Waals surface area contributed by atoms with Crippen LogP contribution in [-0.2, 0) is 35.9 Å². The smallest absolute Gasteiger partial charge is 0.335 e. The van der Waals surface area contributed by atoms with E-state index in [-0.39, 0.29) is 29.3 Å². The van der Waals surface area contributed by atoms with E-state index in [4.69, 9.17) is 9.84 Å². The number of hydrogen-bond donors (Lipinski definition) is 2. The Morgan fingerprint density at radius 2 is 1.88 bits per heavy atom. The van der Waals surface area contributed by atoms with Crippen molar-refractivity contribution in [3.05, 3.63) is 82.5 Å². The molecule has 4 rings (SSSR count). The van der Waals surface area contributed by atoms with Gasteiger partial charge in [-0.3, -0.25) is 4.72 Å². The molecule has 178 valence electrons. The molecular weight excluding hydrogens is 459 g/mol. The fraction of sp³-hybridized carbons (Fsp3) is 0.280. The van der Waals surface area contributed by atoms with Gasteiger partial charge in [-0.15, -0.1) is 0 Å². The molecule has 0 bridgehead atoms. The second-order valence-corrected chi connectivity index (χ2v) is 9.92. The number of benzene rings is 2. The zero-order valence-electron chi connectivity index (χ0n) is 18.6. The molecule has 3 aromatic rings. The van der Waals surface area contributed by atoms with Crippen molar-refractivity contribution in [3.63, 3.8) is 0 Å². The number of rotatable bonds is 9. The van der Waals surface area contributed by atoms with Crippen LogP contribution in [0.5, 0.6) is 5.75 Å². The molecule has 0 amide bonds. The van der Waals surface area contributed by atoms with Crippen molar-refractivity contribution >= 4 is 21.7 Å². The number of nitrogens with one attached hydrogen (secondary N) is 1. The van der Waals surface area contributed by atoms with Crippen molar-refractivity contribution in [2.45, 2.75) is 50.4 Å². The van der Waals surface area contributed by atoms with E-state index in [1.165, 1.54) is 25.3 Å². The van der Waals surface area contributed by atoms with Gasteiger partial charge in [0.2, 0.25) is 0 Å². The molecule has 0 saturated heterocycles. The molecule has 1 aliphatic carbocycles. The van der Waals surface area contributed by atoms with Gasteiger partial charge in [0.1, 0.15) is 18.5 Å². The van der Waals surface area contributed by atoms with Gasteiger partial charge >= 0.3 is 5.97 Å². The first-order chi connectivity index (χ1) is 16.2. The number of pyridine rings is 1. The zero-order valence-corrected chi connectivity index (χ0v) is 19.4. The molecule has 2 N–H and O–H groups in total. The molecule has 9 heteroatoms. The van der Waals surface area contributed by atoms with Crippen molar-refractivity contribution < 1.29 is 27.4 Å². The molecule has 1 aliphatic rings. The zero-order chi connectivity index (χ0) is 24.3. The van der Waals surface area contributed by atoms with Crippen LogP contribution in [0, 0.1) is 0 Å². The van der Waals surface area contributed by atoms with Gasteiger partial charge in [0, 0.05) is 12.6 Å². The van der Waals surface area contributed by atoms with Gasteiger partial charge in [-0.2, -0.15) is 8.42 Å². The lowest BCUT2D eigenvalue weighted by Gasteiger charge is -2.17. The number of carbonyl (C=O) groups is 1. The van der Waals surface area contributed by atoms with E-state index in [0.29, 0.717) is 11.3 Å². The van der Waals surface area contributed by atoms with E-state index in [1.807, 2.05) is 6.07 Å². The summed E-state index contributed by atoms with van der Waals surface area (Å²) in [5.74, 6) is -0.651. The Balaban J connectivity index is 1.62. The Morgan fingerprint density at radius 3 is 2.56 bits per heavy atom. The molecule has 1 aromatic heterocycles. The van der Waals surface area contributed by atoms with Gasteiger partial charge in [0.15, 0.2) is 5.03 Å². The van der Waals surface area contributed by atoms with E-state index < -0.39 is 22.2 Å². The van der Waals surface area contributed by atoms with Gasteiger partial charge in [-0.05, 0) is 78.8 Å². The third-order valence-electron chi connectivity index (χ3n) is 5.64. The molecule has 34 heavy (non-hydrogen) atoms. The van der Waals surface area contributed by atoms with E-state index in [1.54, 1.807) is 30.3 Å². The Morgan fingerprint density at radius 1 is 1.18 bits per heavy atom. The average Bonchev–Trinajstić information content (AvgIpc) is 3.24. The molecule has 0 radical (unpaired) electrons. The molecule has 7 nitrogen and oxygen atoms in total. The Labute approximate surface area is 197 Å². The van der Waals surface area contributed by atoms with Crippen molar-refractivity contribution in [2.75, 3.05) is 4.72 Å². The van der Waals surface area contributed by atoms with Crippen LogP contribution in [0.2, 0.25) is 0 Å². The number of hydrogen-bond acceptors (Lipinski definition) is 5. The van der Waals surface area contributed by atoms with Crippen LogP contribution >= 0.6 is 0 Å². The summed E-state index contributed by atoms with van der Waals surface area (Å²) in [7, 11) is -4.10. The highest BCUT2D eigenvalue weighted by atomic mass is 32.2. The van der Waals surface area contributed by atoms with Gasteiger partial charge < -0.3 is 9.84 Å². The summed E-state index contributed by atoms with van der Waals surface area (Å²) < 4.78 is 48.6. The summed E-state index contributed by atoms with van der Waals surface area (Å²) in [6.07, 6.45) is 2.77. The molecule has 0 aliphatic heterocycles. The molecule has 1 atom stereocenters. The molecule has 0 unspecified atom stereocenters. The first-order valence-electron chi connectivity index (χ1n) is 10.9. The highest BCUT2D eigenvalue weighted by molar-refractivity contribution is 7.92. The number of alkyl halides is 1. The van der Waals surface area contributed by atoms with Crippen molar-refractivity contribution in [1.82, 2.24) is 4.98 Å². The molecule has 0 saturated carbocycles. The minimum absolute atomic E-state index is 0.0655. The topological polar surface area (TPSA) is 106 Å². The van der Waals surface area contributed by atoms with Crippen molar-refractivity contribution in [3.8, 4) is 5.75 Å². The van der Waals surface area contributed by atoms with Gasteiger partial charge in [-0.1, -0.05) is 18.2 Å². The number of aromatic nitrogens is 1. The molecule has 1 heterocycles. The average molecular weight is 485 g/mol. The number of aromatic carboxylic acids is 1. The number of carboxylic acid groups (broad SMARTS) is 1. The van der Waals surface area contributed by atoms with E-state index >= 15 is 0 Å². The predicted octanol–water partition coefficient (Wildman–Crippen LogP) is 4.55. The molecule has 0 spiro atoms. The highest BCUT2D eigenvalue weighted by Crippen LogP contribution is 2.35. The first kappa shape index (κ1) is 23.7. The SMILES string of the molecule is C[C@@H](F)Cc1cccnc1S(=O)(=O)Nc1cc2c(cc1OCc1ccc(C(=O)O)cc1)CCC2. The van der Waals surface area contributed by atoms with Gasteiger partial charge in [0.25, 0.3) is 10.0 Å². The van der Waals surface area contributed by atoms with E-state index in [0.717, 1.165) is 36.0 Å². The highest BCUT2D eigenvalue weighted by Gasteiger charge is 2.24. The quantitative estimate of drug-likeness (QED) is 0.462. The number of carboxylic acids is 1. The van der Waals surface area contributed by atoms with Crippen LogP contribution in [0.3, 0.4) is 0 Å². The van der Waals surface area contributed by atoms with Crippen LogP contribution in [0.1, 0.15) is 46.0 Å². The lowest BCUT2D eigenvalue weighted by atomic mass is 10.1. The number of fused-ring (bicyclic) bond motifs is 1. The summed E-state index contributed by atoms with van der Waals surface area (Å²) in [5.41, 5.74) is 3.64. The van der Waals surface area contributed by atoms with E-state index in [9.17, 15) is 17.6 Å². The second kappa shape index (κ2) is 9.80. The number of nitrogens with zero attached hydrogens (tertiary/aromatic N) is 1. The Hall–Kier alpha value is -3.46. The Kier molecular flexibility index (Phi) is 6.83. The standard InChI is InChI=1S/C25H25FN2O5S/c1-16(26)12-21-6-3-11-27-24(21)34(31,32)28-22-13-19-4-2-5-20(19)14-23(22)33-15-17-7-9-18(10-8-17)25(29)30/h3,6-11,13-14,16,28H,2,4-5,12,15H2,1H3,(H,29,30)/t16-/m1/s1. The first-order valence-corrected chi connectivity index (χ1v) is 12.4.